The van der Waals surface area contributed by atoms with Crippen molar-refractivity contribution >= 4 is 45.3 Å². The lowest BCUT2D eigenvalue weighted by Crippen LogP contribution is -2.33. The fourth-order valence-electron chi connectivity index (χ4n) is 3.77. The Morgan fingerprint density at radius 3 is 2.70 bits per heavy atom. The summed E-state index contributed by atoms with van der Waals surface area (Å²) in [4.78, 5) is 24.8. The highest BCUT2D eigenvalue weighted by Gasteiger charge is 2.47. The Balaban J connectivity index is 1.65. The normalized spacial score (nSPS) is 16.0. The van der Waals surface area contributed by atoms with E-state index in [2.05, 4.69) is 25.4 Å². The minimum absolute atomic E-state index is 0.0339. The maximum atomic E-state index is 14.2. The first-order valence-electron chi connectivity index (χ1n) is 9.71. The third-order valence-electron chi connectivity index (χ3n) is 5.29. The summed E-state index contributed by atoms with van der Waals surface area (Å²) in [6.45, 7) is 0.0785. The smallest absolute Gasteiger partial charge is 0.310 e. The van der Waals surface area contributed by atoms with Gasteiger partial charge in [-0.1, -0.05) is 18.2 Å². The van der Waals surface area contributed by atoms with Crippen LogP contribution in [-0.2, 0) is 11.3 Å². The number of hydrogen-bond donors (Lipinski definition) is 1. The number of hydrogen-bond acceptors (Lipinski definition) is 5. The maximum Gasteiger partial charge on any atom is 0.396 e. The first-order valence-corrected chi connectivity index (χ1v) is 10.8. The van der Waals surface area contributed by atoms with Crippen LogP contribution in [0.15, 0.2) is 42.6 Å². The third kappa shape index (κ3) is 3.92. The lowest BCUT2D eigenvalue weighted by Gasteiger charge is -2.27. The highest BCUT2D eigenvalue weighted by atomic mass is 127. The van der Waals surface area contributed by atoms with E-state index in [-0.39, 0.29) is 33.1 Å². The van der Waals surface area contributed by atoms with Crippen molar-refractivity contribution < 1.29 is 22.4 Å². The summed E-state index contributed by atoms with van der Waals surface area (Å²) in [5.74, 6) is -3.32. The molecule has 1 aliphatic heterocycles. The highest BCUT2D eigenvalue weighted by molar-refractivity contribution is 14.1. The minimum Gasteiger partial charge on any atom is -0.310 e. The number of nitrogens with one attached hydrogen (secondary N) is 1. The van der Waals surface area contributed by atoms with Crippen LogP contribution in [0.2, 0.25) is 0 Å². The average Bonchev–Trinajstić information content (AvgIpc) is 3.12. The molecule has 1 atom stereocenters. The van der Waals surface area contributed by atoms with Crippen molar-refractivity contribution in [1.29, 1.82) is 0 Å². The van der Waals surface area contributed by atoms with Gasteiger partial charge in [-0.3, -0.25) is 4.79 Å². The van der Waals surface area contributed by atoms with Crippen LogP contribution in [0.1, 0.15) is 23.5 Å². The van der Waals surface area contributed by atoms with Crippen LogP contribution in [0.4, 0.5) is 23.4 Å². The van der Waals surface area contributed by atoms with Gasteiger partial charge in [-0.05, 0) is 40.8 Å². The fraction of sp³-hybridized carbons (Fsp3) is 0.190. The van der Waals surface area contributed by atoms with Gasteiger partial charge in [0.2, 0.25) is 5.91 Å². The number of fused-ring (bicyclic) bond motifs is 2. The molecule has 0 aliphatic carbocycles. The lowest BCUT2D eigenvalue weighted by atomic mass is 9.93. The zero-order valence-corrected chi connectivity index (χ0v) is 18.7. The number of nitrogens with zero attached hydrogens (tertiary/aromatic N) is 5. The number of benzene rings is 1. The van der Waals surface area contributed by atoms with Gasteiger partial charge >= 0.3 is 6.18 Å². The van der Waals surface area contributed by atoms with E-state index in [0.717, 1.165) is 0 Å². The molecule has 12 heteroatoms. The van der Waals surface area contributed by atoms with Gasteiger partial charge in [-0.2, -0.15) is 18.3 Å². The van der Waals surface area contributed by atoms with Gasteiger partial charge in [0.1, 0.15) is 21.0 Å². The number of amides is 1. The molecule has 168 valence electrons. The second-order valence-electron chi connectivity index (χ2n) is 7.42. The van der Waals surface area contributed by atoms with Crippen molar-refractivity contribution in [3.05, 3.63) is 63.2 Å². The van der Waals surface area contributed by atoms with Crippen LogP contribution in [0, 0.1) is 9.52 Å². The lowest BCUT2D eigenvalue weighted by molar-refractivity contribution is -0.157. The van der Waals surface area contributed by atoms with Crippen LogP contribution < -0.4 is 5.32 Å². The van der Waals surface area contributed by atoms with Crippen LogP contribution in [0.3, 0.4) is 0 Å². The molecule has 33 heavy (non-hydrogen) atoms. The van der Waals surface area contributed by atoms with E-state index in [1.165, 1.54) is 10.7 Å². The summed E-state index contributed by atoms with van der Waals surface area (Å²) in [5.41, 5.74) is 0.919. The average molecular weight is 568 g/mol. The van der Waals surface area contributed by atoms with Gasteiger partial charge in [0, 0.05) is 23.7 Å². The van der Waals surface area contributed by atoms with Crippen LogP contribution in [0.5, 0.6) is 0 Å². The number of aromatic nitrogens is 5. The monoisotopic (exact) mass is 568 g/mol. The standard InChI is InChI=1S/C21H13F4IN6O/c22-13-6-2-1-4-10(13)9-32-20-11(5-3-7-27-20)16(31-32)19-29-17(26)15-12(21(23,24)25)8-14(33)28-18(15)30-19/h1-7,12H,8-9H2,(H,28,29,30,33). The second-order valence-corrected chi connectivity index (χ2v) is 8.44. The third-order valence-corrected chi connectivity index (χ3v) is 6.11. The molecule has 3 aromatic heterocycles. The Morgan fingerprint density at radius 1 is 1.15 bits per heavy atom. The molecule has 0 saturated heterocycles. The summed E-state index contributed by atoms with van der Waals surface area (Å²) >= 11 is 1.71. The molecule has 0 radical (unpaired) electrons. The number of carbonyl (C=O) groups is 1. The molecule has 0 fully saturated rings. The SMILES string of the molecule is O=C1CC(C(F)(F)F)c2c(I)nc(-c3nn(Cc4ccccc4F)c4ncccc34)nc2N1. The zero-order chi connectivity index (χ0) is 23.3. The topological polar surface area (TPSA) is 85.6 Å². The molecule has 1 unspecified atom stereocenters. The molecular formula is C21H13F4IN6O. The molecule has 1 amide bonds. The van der Waals surface area contributed by atoms with E-state index in [4.69, 9.17) is 0 Å². The molecule has 7 nitrogen and oxygen atoms in total. The molecule has 4 aromatic rings. The van der Waals surface area contributed by atoms with Crippen molar-refractivity contribution in [3.63, 3.8) is 0 Å². The Kier molecular flexibility index (Phi) is 5.26. The summed E-state index contributed by atoms with van der Waals surface area (Å²) in [6, 6.07) is 9.63. The van der Waals surface area contributed by atoms with Crippen LogP contribution in [0.25, 0.3) is 22.6 Å². The first kappa shape index (κ1) is 21.7. The number of carbonyl (C=O) groups excluding carboxylic acids is 1. The number of alkyl halides is 3. The molecule has 4 heterocycles. The Morgan fingerprint density at radius 2 is 1.94 bits per heavy atom. The Hall–Kier alpha value is -3.16. The highest BCUT2D eigenvalue weighted by Crippen LogP contribution is 2.44. The Bertz CT molecular complexity index is 1400. The molecule has 0 saturated carbocycles. The van der Waals surface area contributed by atoms with Gasteiger partial charge in [0.25, 0.3) is 0 Å². The van der Waals surface area contributed by atoms with E-state index in [9.17, 15) is 22.4 Å². The predicted octanol–water partition coefficient (Wildman–Crippen LogP) is 4.67. The number of halogens is 5. The van der Waals surface area contributed by atoms with E-state index < -0.39 is 30.2 Å². The van der Waals surface area contributed by atoms with E-state index in [1.54, 1.807) is 59.1 Å². The molecule has 1 N–H and O–H groups in total. The number of rotatable bonds is 3. The van der Waals surface area contributed by atoms with Gasteiger partial charge in [0.15, 0.2) is 11.5 Å². The van der Waals surface area contributed by atoms with Crippen LogP contribution in [-0.4, -0.2) is 36.8 Å². The minimum atomic E-state index is -4.62. The molecule has 0 bridgehead atoms. The van der Waals surface area contributed by atoms with E-state index >= 15 is 0 Å². The zero-order valence-electron chi connectivity index (χ0n) is 16.6. The Labute approximate surface area is 197 Å². The molecular weight excluding hydrogens is 555 g/mol. The van der Waals surface area contributed by atoms with Crippen molar-refractivity contribution in [3.8, 4) is 11.5 Å². The van der Waals surface area contributed by atoms with Gasteiger partial charge in [0.05, 0.1) is 17.8 Å². The van der Waals surface area contributed by atoms with Crippen molar-refractivity contribution in [2.24, 2.45) is 0 Å². The van der Waals surface area contributed by atoms with Gasteiger partial charge in [-0.15, -0.1) is 0 Å². The molecule has 0 spiro atoms. The molecule has 1 aromatic carbocycles. The van der Waals surface area contributed by atoms with Crippen molar-refractivity contribution in [1.82, 2.24) is 24.7 Å². The van der Waals surface area contributed by atoms with E-state index in [1.807, 2.05) is 0 Å². The van der Waals surface area contributed by atoms with Crippen molar-refractivity contribution in [2.75, 3.05) is 5.32 Å². The summed E-state index contributed by atoms with van der Waals surface area (Å²) < 4.78 is 56.4. The van der Waals surface area contributed by atoms with Crippen molar-refractivity contribution in [2.45, 2.75) is 25.1 Å². The molecule has 1 aliphatic rings. The second kappa shape index (κ2) is 8.01. The van der Waals surface area contributed by atoms with Crippen LogP contribution >= 0.6 is 22.6 Å². The first-order chi connectivity index (χ1) is 15.7. The summed E-state index contributed by atoms with van der Waals surface area (Å²) in [6.07, 6.45) is -3.79. The maximum absolute atomic E-state index is 14.2. The fourth-order valence-corrected chi connectivity index (χ4v) is 4.63. The number of pyridine rings is 1. The van der Waals surface area contributed by atoms with E-state index in [0.29, 0.717) is 16.6 Å². The molecule has 5 rings (SSSR count). The van der Waals surface area contributed by atoms with Gasteiger partial charge in [-0.25, -0.2) is 24.0 Å². The van der Waals surface area contributed by atoms with Gasteiger partial charge < -0.3 is 5.32 Å². The summed E-state index contributed by atoms with van der Waals surface area (Å²) in [7, 11) is 0. The summed E-state index contributed by atoms with van der Waals surface area (Å²) in [5, 5.41) is 7.46. The largest absolute Gasteiger partial charge is 0.396 e. The quantitative estimate of drug-likeness (QED) is 0.221. The number of anilines is 1. The predicted molar refractivity (Wildman–Crippen MR) is 119 cm³/mol.